The fraction of sp³-hybridized carbons (Fsp3) is 0.368. The van der Waals surface area contributed by atoms with E-state index in [9.17, 15) is 4.79 Å². The Balaban J connectivity index is 1.58. The normalized spacial score (nSPS) is 15.7. The fourth-order valence-electron chi connectivity index (χ4n) is 2.87. The van der Waals surface area contributed by atoms with E-state index in [1.807, 2.05) is 43.3 Å². The van der Waals surface area contributed by atoms with E-state index in [1.54, 1.807) is 19.4 Å². The van der Waals surface area contributed by atoms with Gasteiger partial charge >= 0.3 is 0 Å². The second kappa shape index (κ2) is 7.42. The molecule has 1 atom stereocenters. The third-order valence-electron chi connectivity index (χ3n) is 4.27. The summed E-state index contributed by atoms with van der Waals surface area (Å²) in [6.45, 7) is 1.12. The first kappa shape index (κ1) is 17.1. The average Bonchev–Trinajstić information content (AvgIpc) is 2.65. The number of carbonyl (C=O) groups is 1. The van der Waals surface area contributed by atoms with Crippen molar-refractivity contribution < 1.29 is 14.3 Å². The summed E-state index contributed by atoms with van der Waals surface area (Å²) in [5, 5.41) is 2.97. The molecule has 0 unspecified atom stereocenters. The maximum absolute atomic E-state index is 12.3. The van der Waals surface area contributed by atoms with E-state index in [-0.39, 0.29) is 11.8 Å². The molecule has 0 radical (unpaired) electrons. The summed E-state index contributed by atoms with van der Waals surface area (Å²) in [6, 6.07) is 9.51. The average molecular weight is 341 g/mol. The highest BCUT2D eigenvalue weighted by molar-refractivity contribution is 5.94. The largest absolute Gasteiger partial charge is 0.493 e. The molecule has 0 saturated carbocycles. The number of anilines is 1. The lowest BCUT2D eigenvalue weighted by molar-refractivity contribution is 0.0938. The van der Waals surface area contributed by atoms with Crippen LogP contribution in [0.15, 0.2) is 36.5 Å². The Kier molecular flexibility index (Phi) is 5.07. The summed E-state index contributed by atoms with van der Waals surface area (Å²) in [4.78, 5) is 18.5. The molecule has 1 aliphatic heterocycles. The van der Waals surface area contributed by atoms with Crippen LogP contribution in [0.2, 0.25) is 0 Å². The highest BCUT2D eigenvalue weighted by Gasteiger charge is 2.23. The predicted molar refractivity (Wildman–Crippen MR) is 96.6 cm³/mol. The zero-order chi connectivity index (χ0) is 17.8. The van der Waals surface area contributed by atoms with Gasteiger partial charge in [0.25, 0.3) is 5.91 Å². The van der Waals surface area contributed by atoms with Gasteiger partial charge < -0.3 is 19.7 Å². The minimum Gasteiger partial charge on any atom is -0.493 e. The number of methoxy groups -OCH3 is 1. The van der Waals surface area contributed by atoms with Crippen molar-refractivity contribution in [1.82, 2.24) is 10.3 Å². The third kappa shape index (κ3) is 3.84. The summed E-state index contributed by atoms with van der Waals surface area (Å²) < 4.78 is 11.2. The Bertz CT molecular complexity index is 744. The zero-order valence-corrected chi connectivity index (χ0v) is 14.8. The molecule has 6 nitrogen and oxygen atoms in total. The van der Waals surface area contributed by atoms with Crippen LogP contribution in [-0.2, 0) is 6.42 Å². The van der Waals surface area contributed by atoms with Gasteiger partial charge in [-0.25, -0.2) is 4.98 Å². The zero-order valence-electron chi connectivity index (χ0n) is 14.8. The van der Waals surface area contributed by atoms with Crippen molar-refractivity contribution >= 4 is 11.7 Å². The Morgan fingerprint density at radius 1 is 1.36 bits per heavy atom. The molecular weight excluding hydrogens is 318 g/mol. The quantitative estimate of drug-likeness (QED) is 0.903. The van der Waals surface area contributed by atoms with Crippen LogP contribution < -0.4 is 19.7 Å². The molecule has 1 amide bonds. The van der Waals surface area contributed by atoms with Crippen LogP contribution in [0.5, 0.6) is 11.5 Å². The van der Waals surface area contributed by atoms with Crippen LogP contribution in [0.3, 0.4) is 0 Å². The molecule has 0 fully saturated rings. The van der Waals surface area contributed by atoms with Crippen LogP contribution in [-0.4, -0.2) is 45.2 Å². The first-order valence-electron chi connectivity index (χ1n) is 8.28. The molecule has 2 heterocycles. The van der Waals surface area contributed by atoms with E-state index < -0.39 is 0 Å². The van der Waals surface area contributed by atoms with Gasteiger partial charge in [-0.3, -0.25) is 4.79 Å². The third-order valence-corrected chi connectivity index (χ3v) is 4.27. The van der Waals surface area contributed by atoms with E-state index >= 15 is 0 Å². The second-order valence-electron chi connectivity index (χ2n) is 6.34. The van der Waals surface area contributed by atoms with Crippen LogP contribution in [0.25, 0.3) is 0 Å². The van der Waals surface area contributed by atoms with Crippen molar-refractivity contribution in [3.8, 4) is 11.5 Å². The topological polar surface area (TPSA) is 63.7 Å². The number of rotatable bonds is 5. The van der Waals surface area contributed by atoms with E-state index in [4.69, 9.17) is 9.47 Å². The Labute approximate surface area is 147 Å². The van der Waals surface area contributed by atoms with Crippen molar-refractivity contribution in [2.45, 2.75) is 6.42 Å². The lowest BCUT2D eigenvalue weighted by Gasteiger charge is -2.26. The monoisotopic (exact) mass is 341 g/mol. The molecule has 0 bridgehead atoms. The summed E-state index contributed by atoms with van der Waals surface area (Å²) in [7, 11) is 5.47. The smallest absolute Gasteiger partial charge is 0.252 e. The number of pyridine rings is 1. The van der Waals surface area contributed by atoms with Crippen molar-refractivity contribution in [2.24, 2.45) is 5.92 Å². The van der Waals surface area contributed by atoms with Crippen molar-refractivity contribution in [3.05, 3.63) is 47.7 Å². The number of ether oxygens (including phenoxy) is 2. The SMILES string of the molecule is COc1cccc2c1OC[C@H](CNC(=O)c1ccc(N(C)C)nc1)C2. The number of fused-ring (bicyclic) bond motifs is 1. The van der Waals surface area contributed by atoms with Crippen LogP contribution >= 0.6 is 0 Å². The first-order valence-corrected chi connectivity index (χ1v) is 8.28. The molecule has 2 aromatic rings. The molecule has 25 heavy (non-hydrogen) atoms. The number of nitrogens with zero attached hydrogens (tertiary/aromatic N) is 2. The number of para-hydroxylation sites is 1. The molecular formula is C19H23N3O3. The Morgan fingerprint density at radius 2 is 2.20 bits per heavy atom. The van der Waals surface area contributed by atoms with Gasteiger partial charge in [0.15, 0.2) is 11.5 Å². The molecule has 6 heteroatoms. The number of hydrogen-bond donors (Lipinski definition) is 1. The maximum Gasteiger partial charge on any atom is 0.252 e. The van der Waals surface area contributed by atoms with Gasteiger partial charge in [-0.05, 0) is 30.2 Å². The van der Waals surface area contributed by atoms with Crippen molar-refractivity contribution in [2.75, 3.05) is 39.3 Å². The molecule has 0 saturated heterocycles. The van der Waals surface area contributed by atoms with Crippen molar-refractivity contribution in [3.63, 3.8) is 0 Å². The van der Waals surface area contributed by atoms with Gasteiger partial charge in [0.2, 0.25) is 0 Å². The van der Waals surface area contributed by atoms with E-state index in [1.165, 1.54) is 0 Å². The molecule has 1 aromatic heterocycles. The molecule has 3 rings (SSSR count). The number of nitrogens with one attached hydrogen (secondary N) is 1. The minimum atomic E-state index is -0.116. The number of aromatic nitrogens is 1. The Morgan fingerprint density at radius 3 is 2.88 bits per heavy atom. The maximum atomic E-state index is 12.3. The standard InChI is InChI=1S/C19H23N3O3/c1-22(2)17-8-7-15(11-20-17)19(23)21-10-13-9-14-5-4-6-16(24-3)18(14)25-12-13/h4-8,11,13H,9-10,12H2,1-3H3,(H,21,23)/t13-/m0/s1. The van der Waals surface area contributed by atoms with Gasteiger partial charge in [0.1, 0.15) is 5.82 Å². The summed E-state index contributed by atoms with van der Waals surface area (Å²) in [5.74, 6) is 2.51. The van der Waals surface area contributed by atoms with E-state index in [0.29, 0.717) is 18.7 Å². The van der Waals surface area contributed by atoms with Crippen LogP contribution in [0.1, 0.15) is 15.9 Å². The Hall–Kier alpha value is -2.76. The number of hydrogen-bond acceptors (Lipinski definition) is 5. The molecule has 1 aliphatic rings. The minimum absolute atomic E-state index is 0.116. The molecule has 1 aromatic carbocycles. The second-order valence-corrected chi connectivity index (χ2v) is 6.34. The van der Waals surface area contributed by atoms with Gasteiger partial charge in [0, 0.05) is 32.8 Å². The molecule has 0 aliphatic carbocycles. The summed E-state index contributed by atoms with van der Waals surface area (Å²) in [6.07, 6.45) is 2.45. The van der Waals surface area contributed by atoms with Gasteiger partial charge in [-0.1, -0.05) is 12.1 Å². The fourth-order valence-corrected chi connectivity index (χ4v) is 2.87. The van der Waals surface area contributed by atoms with Gasteiger partial charge in [-0.2, -0.15) is 0 Å². The number of carbonyl (C=O) groups excluding carboxylic acids is 1. The highest BCUT2D eigenvalue weighted by atomic mass is 16.5. The number of amides is 1. The van der Waals surface area contributed by atoms with Crippen LogP contribution in [0, 0.1) is 5.92 Å². The summed E-state index contributed by atoms with van der Waals surface area (Å²) in [5.41, 5.74) is 1.67. The predicted octanol–water partition coefficient (Wildman–Crippen LogP) is 2.14. The van der Waals surface area contributed by atoms with E-state index in [2.05, 4.69) is 10.3 Å². The van der Waals surface area contributed by atoms with Crippen LogP contribution in [0.4, 0.5) is 5.82 Å². The molecule has 1 N–H and O–H groups in total. The highest BCUT2D eigenvalue weighted by Crippen LogP contribution is 2.35. The van der Waals surface area contributed by atoms with E-state index in [0.717, 1.165) is 29.3 Å². The lowest BCUT2D eigenvalue weighted by Crippen LogP contribution is -2.35. The van der Waals surface area contributed by atoms with Crippen molar-refractivity contribution in [1.29, 1.82) is 0 Å². The molecule has 132 valence electrons. The molecule has 0 spiro atoms. The first-order chi connectivity index (χ1) is 12.1. The van der Waals surface area contributed by atoms with Gasteiger partial charge in [0.05, 0.1) is 19.3 Å². The van der Waals surface area contributed by atoms with Gasteiger partial charge in [-0.15, -0.1) is 0 Å². The lowest BCUT2D eigenvalue weighted by atomic mass is 9.96. The number of benzene rings is 1. The summed E-state index contributed by atoms with van der Waals surface area (Å²) >= 11 is 0.